The zero-order chi connectivity index (χ0) is 19.1. The zero-order valence-electron chi connectivity index (χ0n) is 13.7. The maximum absolute atomic E-state index is 13.5. The highest BCUT2D eigenvalue weighted by atomic mass is 32.1. The summed E-state index contributed by atoms with van der Waals surface area (Å²) < 4.78 is 27.0. The van der Waals surface area contributed by atoms with E-state index in [4.69, 9.17) is 17.3 Å². The van der Waals surface area contributed by atoms with E-state index in [1.165, 1.54) is 11.0 Å². The number of aromatic hydroxyl groups is 1. The van der Waals surface area contributed by atoms with Gasteiger partial charge in [0.05, 0.1) is 23.9 Å². The van der Waals surface area contributed by atoms with Gasteiger partial charge in [-0.3, -0.25) is 9.69 Å². The molecule has 0 radical (unpaired) electrons. The van der Waals surface area contributed by atoms with Crippen molar-refractivity contribution in [2.45, 2.75) is 6.54 Å². The van der Waals surface area contributed by atoms with Crippen LogP contribution in [0.5, 0.6) is 5.75 Å². The average molecular weight is 386 g/mol. The van der Waals surface area contributed by atoms with E-state index in [2.05, 4.69) is 15.3 Å². The second kappa shape index (κ2) is 6.44. The molecule has 3 aromatic rings. The van der Waals surface area contributed by atoms with Crippen molar-refractivity contribution in [2.75, 3.05) is 0 Å². The lowest BCUT2D eigenvalue weighted by molar-refractivity contribution is -0.122. The van der Waals surface area contributed by atoms with Gasteiger partial charge in [-0.2, -0.15) is 0 Å². The monoisotopic (exact) mass is 386 g/mol. The topological polar surface area (TPSA) is 81.2 Å². The lowest BCUT2D eigenvalue weighted by Gasteiger charge is -2.14. The molecule has 1 saturated heterocycles. The molecule has 1 fully saturated rings. The van der Waals surface area contributed by atoms with Crippen molar-refractivity contribution in [1.82, 2.24) is 20.2 Å². The van der Waals surface area contributed by atoms with Crippen LogP contribution in [-0.2, 0) is 11.3 Å². The van der Waals surface area contributed by atoms with E-state index in [1.54, 1.807) is 6.33 Å². The molecule has 0 spiro atoms. The van der Waals surface area contributed by atoms with Crippen LogP contribution in [0.3, 0.4) is 0 Å². The fourth-order valence-electron chi connectivity index (χ4n) is 2.87. The molecule has 0 aliphatic carbocycles. The molecule has 2 heterocycles. The number of H-pyrrole nitrogens is 1. The Morgan fingerprint density at radius 2 is 2.00 bits per heavy atom. The molecule has 1 aliphatic heterocycles. The molecular formula is C18H12F2N4O2S. The van der Waals surface area contributed by atoms with Crippen LogP contribution < -0.4 is 5.32 Å². The molecule has 1 amide bonds. The van der Waals surface area contributed by atoms with Crippen LogP contribution in [0.25, 0.3) is 17.1 Å². The van der Waals surface area contributed by atoms with Gasteiger partial charge in [0, 0.05) is 0 Å². The summed E-state index contributed by atoms with van der Waals surface area (Å²) >= 11 is 5.22. The molecule has 0 atom stereocenters. The summed E-state index contributed by atoms with van der Waals surface area (Å²) in [4.78, 5) is 21.3. The molecule has 0 unspecified atom stereocenters. The molecule has 1 aromatic heterocycles. The van der Waals surface area contributed by atoms with Gasteiger partial charge < -0.3 is 15.4 Å². The highest BCUT2D eigenvalue weighted by Gasteiger charge is 2.31. The number of carbonyl (C=O) groups is 1. The van der Waals surface area contributed by atoms with Crippen molar-refractivity contribution in [2.24, 2.45) is 0 Å². The predicted octanol–water partition coefficient (Wildman–Crippen LogP) is 2.80. The molecule has 2 aromatic carbocycles. The maximum atomic E-state index is 13.5. The van der Waals surface area contributed by atoms with E-state index in [9.17, 15) is 13.6 Å². The Kier molecular flexibility index (Phi) is 4.08. The van der Waals surface area contributed by atoms with E-state index in [1.807, 2.05) is 18.2 Å². The van der Waals surface area contributed by atoms with Crippen LogP contribution in [-0.4, -0.2) is 31.0 Å². The van der Waals surface area contributed by atoms with Crippen LogP contribution in [0.2, 0.25) is 0 Å². The number of aromatic nitrogens is 2. The normalized spacial score (nSPS) is 15.8. The predicted molar refractivity (Wildman–Crippen MR) is 98.4 cm³/mol. The number of halogens is 2. The number of carbonyl (C=O) groups excluding carboxylic acids is 1. The number of hydrogen-bond donors (Lipinski definition) is 3. The summed E-state index contributed by atoms with van der Waals surface area (Å²) in [7, 11) is 0. The molecule has 0 saturated carbocycles. The van der Waals surface area contributed by atoms with Gasteiger partial charge in [-0.25, -0.2) is 13.8 Å². The smallest absolute Gasteiger partial charge is 0.276 e. The Hall–Kier alpha value is -3.33. The summed E-state index contributed by atoms with van der Waals surface area (Å²) in [6.45, 7) is 0.197. The van der Waals surface area contributed by atoms with Crippen LogP contribution in [0.4, 0.5) is 8.78 Å². The standard InChI is InChI=1S/C18H12F2N4O2S/c19-11-4-9(5-12(20)16(11)25)6-14-17(26)24(18(27)23-14)7-10-2-1-3-13-15(10)22-8-21-13/h1-6,8,25H,7H2,(H,21,22)(H,23,27). The molecular weight excluding hydrogens is 374 g/mol. The van der Waals surface area contributed by atoms with Gasteiger partial charge in [-0.1, -0.05) is 12.1 Å². The van der Waals surface area contributed by atoms with Crippen molar-refractivity contribution < 1.29 is 18.7 Å². The molecule has 9 heteroatoms. The molecule has 136 valence electrons. The average Bonchev–Trinajstić information content (AvgIpc) is 3.21. The Bertz CT molecular complexity index is 1100. The van der Waals surface area contributed by atoms with Gasteiger partial charge in [0.2, 0.25) is 0 Å². The van der Waals surface area contributed by atoms with Gasteiger partial charge in [-0.15, -0.1) is 0 Å². The first kappa shape index (κ1) is 17.1. The third-order valence-electron chi connectivity index (χ3n) is 4.17. The quantitative estimate of drug-likeness (QED) is 0.476. The lowest BCUT2D eigenvalue weighted by Crippen LogP contribution is -2.30. The van der Waals surface area contributed by atoms with Gasteiger partial charge in [0.15, 0.2) is 22.5 Å². The summed E-state index contributed by atoms with van der Waals surface area (Å²) in [5, 5.41) is 12.1. The summed E-state index contributed by atoms with van der Waals surface area (Å²) in [6.07, 6.45) is 2.84. The highest BCUT2D eigenvalue weighted by Crippen LogP contribution is 2.24. The van der Waals surface area contributed by atoms with Crippen LogP contribution in [0, 0.1) is 11.6 Å². The third-order valence-corrected chi connectivity index (χ3v) is 4.50. The first-order chi connectivity index (χ1) is 12.9. The Labute approximate surface area is 157 Å². The molecule has 27 heavy (non-hydrogen) atoms. The Morgan fingerprint density at radius 1 is 1.26 bits per heavy atom. The van der Waals surface area contributed by atoms with E-state index in [-0.39, 0.29) is 22.9 Å². The van der Waals surface area contributed by atoms with Crippen molar-refractivity contribution in [3.63, 3.8) is 0 Å². The third kappa shape index (κ3) is 3.02. The van der Waals surface area contributed by atoms with Crippen LogP contribution in [0.1, 0.15) is 11.1 Å². The number of hydrogen-bond acceptors (Lipinski definition) is 4. The number of para-hydroxylation sites is 1. The minimum atomic E-state index is -1.11. The number of imidazole rings is 1. The maximum Gasteiger partial charge on any atom is 0.276 e. The van der Waals surface area contributed by atoms with Crippen LogP contribution >= 0.6 is 12.2 Å². The van der Waals surface area contributed by atoms with E-state index < -0.39 is 23.3 Å². The first-order valence-electron chi connectivity index (χ1n) is 7.87. The minimum Gasteiger partial charge on any atom is -0.503 e. The number of nitrogens with zero attached hydrogens (tertiary/aromatic N) is 2. The number of nitrogens with one attached hydrogen (secondary N) is 2. The number of fused-ring (bicyclic) bond motifs is 1. The van der Waals surface area contributed by atoms with Crippen LogP contribution in [0.15, 0.2) is 42.4 Å². The number of rotatable bonds is 3. The molecule has 0 bridgehead atoms. The Morgan fingerprint density at radius 3 is 2.74 bits per heavy atom. The number of benzene rings is 2. The van der Waals surface area contributed by atoms with Gasteiger partial charge in [0.25, 0.3) is 5.91 Å². The van der Waals surface area contributed by atoms with E-state index in [0.29, 0.717) is 0 Å². The summed E-state index contributed by atoms with van der Waals surface area (Å²) in [5.41, 5.74) is 2.53. The molecule has 3 N–H and O–H groups in total. The van der Waals surface area contributed by atoms with Crippen molar-refractivity contribution >= 4 is 40.3 Å². The second-order valence-electron chi connectivity index (χ2n) is 5.93. The SMILES string of the molecule is O=C1C(=Cc2cc(F)c(O)c(F)c2)NC(=S)N1Cc1cccc2[nH]cnc12. The number of aromatic amines is 1. The Balaban J connectivity index is 1.63. The number of phenols is 1. The fraction of sp³-hybridized carbons (Fsp3) is 0.0556. The number of thiocarbonyl (C=S) groups is 1. The van der Waals surface area contributed by atoms with Gasteiger partial charge in [-0.05, 0) is 47.6 Å². The molecule has 4 rings (SSSR count). The number of phenolic OH excluding ortho intramolecular Hbond substituents is 1. The summed E-state index contributed by atoms with van der Waals surface area (Å²) in [5.74, 6) is -3.72. The summed E-state index contributed by atoms with van der Waals surface area (Å²) in [6, 6.07) is 7.40. The largest absolute Gasteiger partial charge is 0.503 e. The van der Waals surface area contributed by atoms with Crippen molar-refractivity contribution in [1.29, 1.82) is 0 Å². The highest BCUT2D eigenvalue weighted by molar-refractivity contribution is 7.80. The van der Waals surface area contributed by atoms with Crippen molar-refractivity contribution in [3.8, 4) is 5.75 Å². The second-order valence-corrected chi connectivity index (χ2v) is 6.32. The zero-order valence-corrected chi connectivity index (χ0v) is 14.5. The molecule has 6 nitrogen and oxygen atoms in total. The van der Waals surface area contributed by atoms with Gasteiger partial charge >= 0.3 is 0 Å². The van der Waals surface area contributed by atoms with E-state index >= 15 is 0 Å². The van der Waals surface area contributed by atoms with Gasteiger partial charge in [0.1, 0.15) is 5.70 Å². The number of amides is 1. The molecule has 1 aliphatic rings. The first-order valence-corrected chi connectivity index (χ1v) is 8.28. The fourth-order valence-corrected chi connectivity index (χ4v) is 3.13. The van der Waals surface area contributed by atoms with E-state index in [0.717, 1.165) is 28.7 Å². The lowest BCUT2D eigenvalue weighted by atomic mass is 10.1. The minimum absolute atomic E-state index is 0.0812. The van der Waals surface area contributed by atoms with Crippen molar-refractivity contribution in [3.05, 3.63) is 65.1 Å².